The summed E-state index contributed by atoms with van der Waals surface area (Å²) in [6.45, 7) is 7.82. The number of rotatable bonds is 5. The van der Waals surface area contributed by atoms with E-state index in [1.807, 2.05) is 19.1 Å². The van der Waals surface area contributed by atoms with Crippen LogP contribution < -0.4 is 5.32 Å². The van der Waals surface area contributed by atoms with E-state index in [9.17, 15) is 8.42 Å². The molecule has 2 rings (SSSR count). The van der Waals surface area contributed by atoms with E-state index in [1.54, 1.807) is 12.3 Å². The van der Waals surface area contributed by atoms with Crippen LogP contribution in [0.1, 0.15) is 32.8 Å². The van der Waals surface area contributed by atoms with Gasteiger partial charge in [0.25, 0.3) is 10.0 Å². The summed E-state index contributed by atoms with van der Waals surface area (Å²) in [5.74, 6) is 0. The molecule has 2 heterocycles. The van der Waals surface area contributed by atoms with E-state index < -0.39 is 10.0 Å². The number of nitrogens with one attached hydrogen (secondary N) is 1. The van der Waals surface area contributed by atoms with E-state index in [1.165, 1.54) is 9.88 Å². The molecule has 0 spiro atoms. The van der Waals surface area contributed by atoms with Crippen LogP contribution in [-0.2, 0) is 16.6 Å². The van der Waals surface area contributed by atoms with Gasteiger partial charge in [-0.25, -0.2) is 13.4 Å². The van der Waals surface area contributed by atoms with Gasteiger partial charge in [0.05, 0.1) is 0 Å². The molecule has 1 aromatic heterocycles. The van der Waals surface area contributed by atoms with Gasteiger partial charge in [-0.3, -0.25) is 0 Å². The van der Waals surface area contributed by atoms with Crippen molar-refractivity contribution in [3.05, 3.63) is 35.5 Å². The molecule has 5 nitrogen and oxygen atoms in total. The third-order valence-corrected chi connectivity index (χ3v) is 5.30. The Morgan fingerprint density at radius 3 is 2.67 bits per heavy atom. The molecule has 6 heteroatoms. The van der Waals surface area contributed by atoms with Gasteiger partial charge in [0.1, 0.15) is 0 Å². The first kappa shape index (κ1) is 16.1. The van der Waals surface area contributed by atoms with Gasteiger partial charge in [-0.15, -0.1) is 0 Å². The van der Waals surface area contributed by atoms with Gasteiger partial charge in [0.15, 0.2) is 5.03 Å². The Balaban J connectivity index is 2.10. The summed E-state index contributed by atoms with van der Waals surface area (Å²) >= 11 is 0. The molecule has 0 aromatic carbocycles. The first-order chi connectivity index (χ1) is 9.89. The third-order valence-electron chi connectivity index (χ3n) is 3.52. The quantitative estimate of drug-likeness (QED) is 0.844. The maximum atomic E-state index is 12.5. The number of nitrogens with zero attached hydrogens (tertiary/aromatic N) is 2. The highest BCUT2D eigenvalue weighted by molar-refractivity contribution is 7.89. The van der Waals surface area contributed by atoms with Crippen molar-refractivity contribution in [2.24, 2.45) is 0 Å². The minimum atomic E-state index is -3.48. The van der Waals surface area contributed by atoms with Crippen LogP contribution in [0.15, 0.2) is 35.0 Å². The molecule has 0 radical (unpaired) electrons. The van der Waals surface area contributed by atoms with E-state index in [0.717, 1.165) is 12.0 Å². The monoisotopic (exact) mass is 309 g/mol. The van der Waals surface area contributed by atoms with Crippen LogP contribution >= 0.6 is 0 Å². The molecule has 1 N–H and O–H groups in total. The van der Waals surface area contributed by atoms with Crippen molar-refractivity contribution in [2.45, 2.75) is 44.8 Å². The normalized spacial score (nSPS) is 17.0. The maximum absolute atomic E-state index is 12.5. The zero-order valence-corrected chi connectivity index (χ0v) is 13.7. The van der Waals surface area contributed by atoms with Gasteiger partial charge in [-0.2, -0.15) is 4.31 Å². The Bertz CT molecular complexity index is 606. The van der Waals surface area contributed by atoms with E-state index in [0.29, 0.717) is 25.7 Å². The zero-order valence-electron chi connectivity index (χ0n) is 12.8. The lowest BCUT2D eigenvalue weighted by Gasteiger charge is -2.24. The Labute approximate surface area is 127 Å². The average Bonchev–Trinajstić information content (AvgIpc) is 2.46. The fourth-order valence-corrected chi connectivity index (χ4v) is 3.39. The lowest BCUT2D eigenvalue weighted by Crippen LogP contribution is -2.35. The summed E-state index contributed by atoms with van der Waals surface area (Å²) in [6, 6.07) is 3.80. The van der Waals surface area contributed by atoms with E-state index in [-0.39, 0.29) is 5.03 Å². The van der Waals surface area contributed by atoms with E-state index in [2.05, 4.69) is 24.1 Å². The molecule has 0 atom stereocenters. The van der Waals surface area contributed by atoms with Crippen molar-refractivity contribution in [1.29, 1.82) is 0 Å². The minimum absolute atomic E-state index is 0.128. The Hall–Kier alpha value is -1.24. The summed E-state index contributed by atoms with van der Waals surface area (Å²) in [5, 5.41) is 3.41. The van der Waals surface area contributed by atoms with Gasteiger partial charge in [0.2, 0.25) is 0 Å². The standard InChI is InChI=1S/C15H23N3O2S/c1-12(2)16-10-14-4-5-15(17-11-14)21(19,20)18-8-6-13(3)7-9-18/h4-6,11-12,16H,7-10H2,1-3H3. The fraction of sp³-hybridized carbons (Fsp3) is 0.533. The van der Waals surface area contributed by atoms with E-state index in [4.69, 9.17) is 0 Å². The number of pyridine rings is 1. The molecule has 1 aromatic rings. The summed E-state index contributed by atoms with van der Waals surface area (Å²) in [5.41, 5.74) is 2.22. The Morgan fingerprint density at radius 2 is 2.14 bits per heavy atom. The molecule has 0 unspecified atom stereocenters. The second kappa shape index (κ2) is 6.68. The molecule has 0 saturated heterocycles. The van der Waals surface area contributed by atoms with Gasteiger partial charge in [-0.05, 0) is 25.0 Å². The molecule has 0 amide bonds. The highest BCUT2D eigenvalue weighted by Gasteiger charge is 2.26. The number of hydrogen-bond donors (Lipinski definition) is 1. The molecule has 21 heavy (non-hydrogen) atoms. The summed E-state index contributed by atoms with van der Waals surface area (Å²) in [7, 11) is -3.48. The highest BCUT2D eigenvalue weighted by Crippen LogP contribution is 2.18. The van der Waals surface area contributed by atoms with Crippen molar-refractivity contribution in [3.8, 4) is 0 Å². The van der Waals surface area contributed by atoms with Gasteiger partial charge in [0, 0.05) is 31.9 Å². The first-order valence-corrected chi connectivity index (χ1v) is 8.67. The van der Waals surface area contributed by atoms with Crippen molar-refractivity contribution < 1.29 is 8.42 Å². The second-order valence-electron chi connectivity index (χ2n) is 5.70. The SMILES string of the molecule is CC1=CCN(S(=O)(=O)c2ccc(CNC(C)C)cn2)CC1. The first-order valence-electron chi connectivity index (χ1n) is 7.23. The average molecular weight is 309 g/mol. The molecule has 1 aliphatic heterocycles. The summed E-state index contributed by atoms with van der Waals surface area (Å²) in [6.07, 6.45) is 4.38. The molecule has 116 valence electrons. The largest absolute Gasteiger partial charge is 0.310 e. The maximum Gasteiger partial charge on any atom is 0.260 e. The van der Waals surface area contributed by atoms with Crippen molar-refractivity contribution in [1.82, 2.24) is 14.6 Å². The molecule has 0 aliphatic carbocycles. The Morgan fingerprint density at radius 1 is 1.38 bits per heavy atom. The minimum Gasteiger partial charge on any atom is -0.310 e. The number of sulfonamides is 1. The van der Waals surface area contributed by atoms with Gasteiger partial charge in [-0.1, -0.05) is 31.6 Å². The number of hydrogen-bond acceptors (Lipinski definition) is 4. The van der Waals surface area contributed by atoms with Crippen LogP contribution in [0.5, 0.6) is 0 Å². The van der Waals surface area contributed by atoms with Crippen molar-refractivity contribution in [2.75, 3.05) is 13.1 Å². The molecule has 0 saturated carbocycles. The number of aromatic nitrogens is 1. The fourth-order valence-electron chi connectivity index (χ4n) is 2.09. The summed E-state index contributed by atoms with van der Waals surface area (Å²) in [4.78, 5) is 4.13. The lowest BCUT2D eigenvalue weighted by atomic mass is 10.1. The summed E-state index contributed by atoms with van der Waals surface area (Å²) < 4.78 is 26.5. The van der Waals surface area contributed by atoms with Gasteiger partial charge < -0.3 is 5.32 Å². The van der Waals surface area contributed by atoms with Crippen molar-refractivity contribution in [3.63, 3.8) is 0 Å². The van der Waals surface area contributed by atoms with Crippen LogP contribution in [0.4, 0.5) is 0 Å². The highest BCUT2D eigenvalue weighted by atomic mass is 32.2. The topological polar surface area (TPSA) is 62.3 Å². The van der Waals surface area contributed by atoms with Crippen LogP contribution in [-0.4, -0.2) is 36.8 Å². The molecule has 0 bridgehead atoms. The van der Waals surface area contributed by atoms with E-state index >= 15 is 0 Å². The lowest BCUT2D eigenvalue weighted by molar-refractivity contribution is 0.429. The van der Waals surface area contributed by atoms with Crippen LogP contribution in [0.2, 0.25) is 0 Å². The van der Waals surface area contributed by atoms with Crippen LogP contribution in [0, 0.1) is 0 Å². The predicted molar refractivity (Wildman–Crippen MR) is 83.3 cm³/mol. The Kier molecular flexibility index (Phi) is 5.13. The molecular formula is C15H23N3O2S. The van der Waals surface area contributed by atoms with Gasteiger partial charge >= 0.3 is 0 Å². The van der Waals surface area contributed by atoms with Crippen LogP contribution in [0.25, 0.3) is 0 Å². The van der Waals surface area contributed by atoms with Crippen molar-refractivity contribution >= 4 is 10.0 Å². The molecular weight excluding hydrogens is 286 g/mol. The van der Waals surface area contributed by atoms with Crippen LogP contribution in [0.3, 0.4) is 0 Å². The zero-order chi connectivity index (χ0) is 15.5. The molecule has 1 aliphatic rings. The smallest absolute Gasteiger partial charge is 0.260 e. The third kappa shape index (κ3) is 4.12. The molecule has 0 fully saturated rings. The predicted octanol–water partition coefficient (Wildman–Crippen LogP) is 1.92. The second-order valence-corrected chi connectivity index (χ2v) is 7.59.